The number of nitrogens with zero attached hydrogens (tertiary/aromatic N) is 1. The second-order valence-electron chi connectivity index (χ2n) is 4.40. The topological polar surface area (TPSA) is 34.1 Å². The molecule has 1 aromatic heterocycles. The van der Waals surface area contributed by atoms with Crippen molar-refractivity contribution in [2.45, 2.75) is 0 Å². The molecule has 3 rings (SSSR count). The maximum atomic E-state index is 5.22. The predicted octanol–water partition coefficient (Wildman–Crippen LogP) is 5.74. The molecule has 0 spiro atoms. The SMILES string of the molecule is Br.COc1cccc(Nc2nc(-c3ccc(I)cc3)cs2)c1. The summed E-state index contributed by atoms with van der Waals surface area (Å²) in [4.78, 5) is 4.63. The van der Waals surface area contributed by atoms with E-state index in [1.807, 2.05) is 24.3 Å². The van der Waals surface area contributed by atoms with Crippen LogP contribution in [0.1, 0.15) is 0 Å². The maximum absolute atomic E-state index is 5.22. The van der Waals surface area contributed by atoms with E-state index in [4.69, 9.17) is 4.74 Å². The summed E-state index contributed by atoms with van der Waals surface area (Å²) in [6.07, 6.45) is 0. The van der Waals surface area contributed by atoms with E-state index in [9.17, 15) is 0 Å². The first-order valence-corrected chi connectivity index (χ1v) is 8.33. The normalized spacial score (nSPS) is 9.91. The second kappa shape index (κ2) is 7.94. The summed E-state index contributed by atoms with van der Waals surface area (Å²) in [6.45, 7) is 0. The lowest BCUT2D eigenvalue weighted by Gasteiger charge is -2.04. The Bertz CT molecular complexity index is 746. The van der Waals surface area contributed by atoms with Gasteiger partial charge < -0.3 is 10.1 Å². The van der Waals surface area contributed by atoms with E-state index < -0.39 is 0 Å². The summed E-state index contributed by atoms with van der Waals surface area (Å²) in [5, 5.41) is 6.24. The smallest absolute Gasteiger partial charge is 0.187 e. The summed E-state index contributed by atoms with van der Waals surface area (Å²) in [5.41, 5.74) is 3.09. The van der Waals surface area contributed by atoms with E-state index in [2.05, 4.69) is 62.5 Å². The molecule has 0 aliphatic heterocycles. The fourth-order valence-corrected chi connectivity index (χ4v) is 3.01. The molecule has 22 heavy (non-hydrogen) atoms. The average Bonchev–Trinajstić information content (AvgIpc) is 2.96. The molecule has 0 bridgehead atoms. The Kier molecular flexibility index (Phi) is 6.22. The van der Waals surface area contributed by atoms with Crippen LogP contribution in [-0.4, -0.2) is 12.1 Å². The Morgan fingerprint density at radius 2 is 1.91 bits per heavy atom. The van der Waals surface area contributed by atoms with E-state index in [0.29, 0.717) is 0 Å². The van der Waals surface area contributed by atoms with Crippen LogP contribution >= 0.6 is 50.9 Å². The molecule has 1 heterocycles. The molecule has 2 aromatic carbocycles. The lowest BCUT2D eigenvalue weighted by molar-refractivity contribution is 0.415. The van der Waals surface area contributed by atoms with Crippen LogP contribution in [0, 0.1) is 3.57 Å². The van der Waals surface area contributed by atoms with Gasteiger partial charge >= 0.3 is 0 Å². The standard InChI is InChI=1S/C16H13IN2OS.BrH/c1-20-14-4-2-3-13(9-14)18-16-19-15(10-21-16)11-5-7-12(17)8-6-11;/h2-10H,1H3,(H,18,19);1H. The van der Waals surface area contributed by atoms with Crippen molar-refractivity contribution >= 4 is 61.7 Å². The molecule has 1 N–H and O–H groups in total. The van der Waals surface area contributed by atoms with Gasteiger partial charge in [0.05, 0.1) is 12.8 Å². The van der Waals surface area contributed by atoms with Crippen molar-refractivity contribution in [3.05, 3.63) is 57.5 Å². The van der Waals surface area contributed by atoms with Crippen LogP contribution in [0.5, 0.6) is 5.75 Å². The number of hydrogen-bond acceptors (Lipinski definition) is 4. The highest BCUT2D eigenvalue weighted by molar-refractivity contribution is 14.1. The molecular weight excluding hydrogens is 475 g/mol. The van der Waals surface area contributed by atoms with Gasteiger partial charge in [-0.05, 0) is 46.9 Å². The van der Waals surface area contributed by atoms with Crippen molar-refractivity contribution < 1.29 is 4.74 Å². The Morgan fingerprint density at radius 1 is 1.14 bits per heavy atom. The van der Waals surface area contributed by atoms with Gasteiger partial charge in [0.1, 0.15) is 5.75 Å². The minimum Gasteiger partial charge on any atom is -0.497 e. The third kappa shape index (κ3) is 4.21. The number of hydrogen-bond donors (Lipinski definition) is 1. The number of ether oxygens (including phenoxy) is 1. The van der Waals surface area contributed by atoms with E-state index >= 15 is 0 Å². The third-order valence-electron chi connectivity index (χ3n) is 2.97. The molecule has 0 unspecified atom stereocenters. The van der Waals surface area contributed by atoms with Gasteiger partial charge in [-0.2, -0.15) is 0 Å². The van der Waals surface area contributed by atoms with Crippen LogP contribution in [0.2, 0.25) is 0 Å². The van der Waals surface area contributed by atoms with Crippen LogP contribution in [0.3, 0.4) is 0 Å². The molecule has 0 amide bonds. The van der Waals surface area contributed by atoms with Gasteiger partial charge in [0, 0.05) is 26.3 Å². The predicted molar refractivity (Wildman–Crippen MR) is 107 cm³/mol. The first-order valence-electron chi connectivity index (χ1n) is 6.37. The van der Waals surface area contributed by atoms with Crippen molar-refractivity contribution in [2.75, 3.05) is 12.4 Å². The fourth-order valence-electron chi connectivity index (χ4n) is 1.91. The molecule has 0 fully saturated rings. The van der Waals surface area contributed by atoms with E-state index in [1.165, 1.54) is 3.57 Å². The van der Waals surface area contributed by atoms with Gasteiger partial charge in [0.15, 0.2) is 5.13 Å². The fraction of sp³-hybridized carbons (Fsp3) is 0.0625. The molecule has 3 aromatic rings. The summed E-state index contributed by atoms with van der Waals surface area (Å²) < 4.78 is 6.44. The van der Waals surface area contributed by atoms with Gasteiger partial charge in [-0.3, -0.25) is 0 Å². The third-order valence-corrected chi connectivity index (χ3v) is 4.44. The Balaban J connectivity index is 0.00000176. The zero-order valence-electron chi connectivity index (χ0n) is 11.7. The average molecular weight is 489 g/mol. The molecular formula is C16H14BrIN2OS. The quantitative estimate of drug-likeness (QED) is 0.475. The van der Waals surface area contributed by atoms with Gasteiger partial charge in [0.2, 0.25) is 0 Å². The van der Waals surface area contributed by atoms with E-state index in [0.717, 1.165) is 27.8 Å². The minimum atomic E-state index is 0. The van der Waals surface area contributed by atoms with Crippen molar-refractivity contribution in [2.24, 2.45) is 0 Å². The first kappa shape index (κ1) is 17.2. The molecule has 0 saturated carbocycles. The number of benzene rings is 2. The van der Waals surface area contributed by atoms with Crippen LogP contribution < -0.4 is 10.1 Å². The summed E-state index contributed by atoms with van der Waals surface area (Å²) in [6, 6.07) is 16.2. The molecule has 0 atom stereocenters. The summed E-state index contributed by atoms with van der Waals surface area (Å²) in [5.74, 6) is 0.828. The molecule has 0 aliphatic rings. The molecule has 114 valence electrons. The molecule has 3 nitrogen and oxygen atoms in total. The van der Waals surface area contributed by atoms with Crippen molar-refractivity contribution in [1.82, 2.24) is 4.98 Å². The monoisotopic (exact) mass is 488 g/mol. The minimum absolute atomic E-state index is 0. The zero-order valence-corrected chi connectivity index (χ0v) is 16.4. The van der Waals surface area contributed by atoms with Crippen molar-refractivity contribution in [3.8, 4) is 17.0 Å². The lowest BCUT2D eigenvalue weighted by Crippen LogP contribution is -1.90. The molecule has 0 saturated heterocycles. The highest BCUT2D eigenvalue weighted by Gasteiger charge is 2.05. The van der Waals surface area contributed by atoms with Gasteiger partial charge in [0.25, 0.3) is 0 Å². The maximum Gasteiger partial charge on any atom is 0.187 e. The van der Waals surface area contributed by atoms with Crippen molar-refractivity contribution in [3.63, 3.8) is 0 Å². The molecule has 0 aliphatic carbocycles. The Morgan fingerprint density at radius 3 is 2.64 bits per heavy atom. The first-order chi connectivity index (χ1) is 10.2. The van der Waals surface area contributed by atoms with E-state index in [-0.39, 0.29) is 17.0 Å². The number of aromatic nitrogens is 1. The van der Waals surface area contributed by atoms with Gasteiger partial charge in [-0.15, -0.1) is 28.3 Å². The number of nitrogens with one attached hydrogen (secondary N) is 1. The number of thiazole rings is 1. The van der Waals surface area contributed by atoms with Crippen LogP contribution in [0.4, 0.5) is 10.8 Å². The van der Waals surface area contributed by atoms with Crippen molar-refractivity contribution in [1.29, 1.82) is 0 Å². The lowest BCUT2D eigenvalue weighted by atomic mass is 10.2. The van der Waals surface area contributed by atoms with Crippen LogP contribution in [0.15, 0.2) is 53.9 Å². The number of halogens is 2. The molecule has 0 radical (unpaired) electrons. The number of rotatable bonds is 4. The number of anilines is 2. The zero-order chi connectivity index (χ0) is 14.7. The highest BCUT2D eigenvalue weighted by Crippen LogP contribution is 2.28. The van der Waals surface area contributed by atoms with Crippen LogP contribution in [-0.2, 0) is 0 Å². The summed E-state index contributed by atoms with van der Waals surface area (Å²) in [7, 11) is 1.66. The largest absolute Gasteiger partial charge is 0.497 e. The number of methoxy groups -OCH3 is 1. The van der Waals surface area contributed by atoms with E-state index in [1.54, 1.807) is 18.4 Å². The highest BCUT2D eigenvalue weighted by atomic mass is 127. The van der Waals surface area contributed by atoms with Crippen LogP contribution in [0.25, 0.3) is 11.3 Å². The Labute approximate surface area is 157 Å². The Hall–Kier alpha value is -1.12. The summed E-state index contributed by atoms with van der Waals surface area (Å²) >= 11 is 3.89. The van der Waals surface area contributed by atoms with Gasteiger partial charge in [-0.25, -0.2) is 4.98 Å². The second-order valence-corrected chi connectivity index (χ2v) is 6.51. The molecule has 6 heteroatoms. The van der Waals surface area contributed by atoms with Gasteiger partial charge in [-0.1, -0.05) is 18.2 Å².